The highest BCUT2D eigenvalue weighted by Gasteiger charge is 2.18. The second-order valence-electron chi connectivity index (χ2n) is 6.26. The molecule has 0 amide bonds. The molecule has 5 rings (SSSR count). The van der Waals surface area contributed by atoms with Crippen LogP contribution in [0.3, 0.4) is 0 Å². The zero-order chi connectivity index (χ0) is 20.3. The maximum absolute atomic E-state index is 6.02. The van der Waals surface area contributed by atoms with E-state index in [4.69, 9.17) is 25.0 Å². The van der Waals surface area contributed by atoms with Gasteiger partial charge in [0.25, 0.3) is 0 Å². The van der Waals surface area contributed by atoms with E-state index in [0.29, 0.717) is 45.8 Å². The van der Waals surface area contributed by atoms with E-state index in [0.717, 1.165) is 11.3 Å². The van der Waals surface area contributed by atoms with Gasteiger partial charge in [0.1, 0.15) is 5.76 Å². The Kier molecular flexibility index (Phi) is 5.12. The van der Waals surface area contributed by atoms with Gasteiger partial charge in [0.2, 0.25) is 11.7 Å². The number of aromatic nitrogens is 5. The van der Waals surface area contributed by atoms with Crippen LogP contribution in [0, 0.1) is 0 Å². The van der Waals surface area contributed by atoms with E-state index < -0.39 is 0 Å². The molecular formula is C20H14ClN5O3S. The fourth-order valence-corrected chi connectivity index (χ4v) is 3.76. The minimum absolute atomic E-state index is 0.412. The molecule has 8 nitrogen and oxygen atoms in total. The van der Waals surface area contributed by atoms with E-state index in [1.54, 1.807) is 24.7 Å². The van der Waals surface area contributed by atoms with Crippen LogP contribution >= 0.6 is 23.4 Å². The minimum Gasteiger partial charge on any atom is -0.467 e. The molecule has 0 radical (unpaired) electrons. The third-order valence-corrected chi connectivity index (χ3v) is 5.45. The SMILES string of the molecule is Clc1ccc(-c2nnc(SCc3nc(-c4ccco4)no3)n2Cc2ccco2)cc1. The van der Waals surface area contributed by atoms with Crippen molar-refractivity contribution in [2.45, 2.75) is 17.5 Å². The van der Waals surface area contributed by atoms with Crippen LogP contribution in [0.2, 0.25) is 5.02 Å². The third-order valence-electron chi connectivity index (χ3n) is 4.25. The Morgan fingerprint density at radius 2 is 1.80 bits per heavy atom. The van der Waals surface area contributed by atoms with Crippen LogP contribution in [0.5, 0.6) is 0 Å². The first-order valence-electron chi connectivity index (χ1n) is 8.97. The predicted octanol–water partition coefficient (Wildman–Crippen LogP) is 5.18. The summed E-state index contributed by atoms with van der Waals surface area (Å²) in [5.41, 5.74) is 0.906. The van der Waals surface area contributed by atoms with Gasteiger partial charge in [-0.1, -0.05) is 28.5 Å². The second kappa shape index (κ2) is 8.21. The normalized spacial score (nSPS) is 11.2. The molecule has 10 heteroatoms. The lowest BCUT2D eigenvalue weighted by Crippen LogP contribution is -2.03. The monoisotopic (exact) mass is 439 g/mol. The Morgan fingerprint density at radius 3 is 2.57 bits per heavy atom. The number of nitrogens with zero attached hydrogens (tertiary/aromatic N) is 5. The summed E-state index contributed by atoms with van der Waals surface area (Å²) >= 11 is 7.47. The van der Waals surface area contributed by atoms with Crippen molar-refractivity contribution >= 4 is 23.4 Å². The maximum Gasteiger partial charge on any atom is 0.238 e. The van der Waals surface area contributed by atoms with Crippen LogP contribution < -0.4 is 0 Å². The molecule has 1 aromatic carbocycles. The van der Waals surface area contributed by atoms with Crippen LogP contribution in [0.25, 0.3) is 23.0 Å². The molecule has 0 saturated carbocycles. The molecule has 0 atom stereocenters. The number of furan rings is 2. The molecule has 150 valence electrons. The lowest BCUT2D eigenvalue weighted by atomic mass is 10.2. The molecule has 0 aliphatic rings. The second-order valence-corrected chi connectivity index (χ2v) is 7.64. The van der Waals surface area contributed by atoms with Crippen molar-refractivity contribution in [2.24, 2.45) is 0 Å². The fraction of sp³-hybridized carbons (Fsp3) is 0.100. The molecule has 4 aromatic heterocycles. The quantitative estimate of drug-likeness (QED) is 0.320. The van der Waals surface area contributed by atoms with Crippen LogP contribution in [-0.4, -0.2) is 24.9 Å². The van der Waals surface area contributed by atoms with Crippen molar-refractivity contribution in [1.29, 1.82) is 0 Å². The number of thioether (sulfide) groups is 1. The molecule has 4 heterocycles. The Balaban J connectivity index is 1.40. The van der Waals surface area contributed by atoms with Crippen LogP contribution in [0.15, 0.2) is 79.6 Å². The van der Waals surface area contributed by atoms with E-state index in [-0.39, 0.29) is 0 Å². The number of benzene rings is 1. The lowest BCUT2D eigenvalue weighted by Gasteiger charge is -2.08. The van der Waals surface area contributed by atoms with Crippen molar-refractivity contribution < 1.29 is 13.4 Å². The van der Waals surface area contributed by atoms with Gasteiger partial charge in [0.15, 0.2) is 16.7 Å². The summed E-state index contributed by atoms with van der Waals surface area (Å²) in [6.45, 7) is 0.488. The fourth-order valence-electron chi connectivity index (χ4n) is 2.85. The lowest BCUT2D eigenvalue weighted by molar-refractivity contribution is 0.390. The Bertz CT molecular complexity index is 1230. The topological polar surface area (TPSA) is 95.9 Å². The number of hydrogen-bond acceptors (Lipinski definition) is 8. The van der Waals surface area contributed by atoms with Crippen molar-refractivity contribution in [1.82, 2.24) is 24.9 Å². The number of rotatable bonds is 7. The van der Waals surface area contributed by atoms with Gasteiger partial charge < -0.3 is 13.4 Å². The molecule has 0 aliphatic heterocycles. The summed E-state index contributed by atoms with van der Waals surface area (Å²) in [6, 6.07) is 14.8. The summed E-state index contributed by atoms with van der Waals surface area (Å²) in [5.74, 6) is 3.38. The third kappa shape index (κ3) is 3.89. The van der Waals surface area contributed by atoms with Crippen LogP contribution in [0.1, 0.15) is 11.7 Å². The Labute approximate surface area is 179 Å². The molecule has 0 fully saturated rings. The summed E-state index contributed by atoms with van der Waals surface area (Å²) in [4.78, 5) is 4.36. The minimum atomic E-state index is 0.412. The van der Waals surface area contributed by atoms with E-state index >= 15 is 0 Å². The first-order valence-corrected chi connectivity index (χ1v) is 10.3. The summed E-state index contributed by atoms with van der Waals surface area (Å²) < 4.78 is 18.1. The molecule has 5 aromatic rings. The highest BCUT2D eigenvalue weighted by molar-refractivity contribution is 7.98. The van der Waals surface area contributed by atoms with Crippen molar-refractivity contribution in [3.63, 3.8) is 0 Å². The molecular weight excluding hydrogens is 426 g/mol. The standard InChI is InChI=1S/C20H14ClN5O3S/c21-14-7-5-13(6-8-14)19-23-24-20(26(19)11-15-3-1-9-27-15)30-12-17-22-18(25-29-17)16-4-2-10-28-16/h1-10H,11-12H2. The van der Waals surface area contributed by atoms with Gasteiger partial charge in [-0.05, 0) is 48.5 Å². The number of hydrogen-bond donors (Lipinski definition) is 0. The van der Waals surface area contributed by atoms with E-state index in [2.05, 4.69) is 20.3 Å². The maximum atomic E-state index is 6.02. The highest BCUT2D eigenvalue weighted by Crippen LogP contribution is 2.28. The first-order chi connectivity index (χ1) is 14.8. The van der Waals surface area contributed by atoms with Gasteiger partial charge in [-0.2, -0.15) is 4.98 Å². The first kappa shape index (κ1) is 18.7. The average molecular weight is 440 g/mol. The zero-order valence-corrected chi connectivity index (χ0v) is 17.0. The van der Waals surface area contributed by atoms with Gasteiger partial charge >= 0.3 is 0 Å². The van der Waals surface area contributed by atoms with Gasteiger partial charge in [0, 0.05) is 10.6 Å². The average Bonchev–Trinajstić information content (AvgIpc) is 3.55. The van der Waals surface area contributed by atoms with Gasteiger partial charge in [0.05, 0.1) is 24.8 Å². The van der Waals surface area contributed by atoms with Crippen molar-refractivity contribution in [3.05, 3.63) is 77.7 Å². The molecule has 0 aliphatic carbocycles. The summed E-state index contributed by atoms with van der Waals surface area (Å²) in [6.07, 6.45) is 3.21. The summed E-state index contributed by atoms with van der Waals surface area (Å²) in [5, 5.41) is 14.1. The van der Waals surface area contributed by atoms with Crippen molar-refractivity contribution in [3.8, 4) is 23.0 Å². The zero-order valence-electron chi connectivity index (χ0n) is 15.4. The molecule has 0 saturated heterocycles. The van der Waals surface area contributed by atoms with E-state index in [1.807, 2.05) is 41.0 Å². The van der Waals surface area contributed by atoms with Crippen LogP contribution in [-0.2, 0) is 12.3 Å². The van der Waals surface area contributed by atoms with Crippen LogP contribution in [0.4, 0.5) is 0 Å². The molecule has 0 unspecified atom stereocenters. The smallest absolute Gasteiger partial charge is 0.238 e. The highest BCUT2D eigenvalue weighted by atomic mass is 35.5. The predicted molar refractivity (Wildman–Crippen MR) is 110 cm³/mol. The molecule has 0 bridgehead atoms. The molecule has 0 N–H and O–H groups in total. The van der Waals surface area contributed by atoms with Crippen molar-refractivity contribution in [2.75, 3.05) is 0 Å². The molecule has 30 heavy (non-hydrogen) atoms. The van der Waals surface area contributed by atoms with E-state index in [9.17, 15) is 0 Å². The Hall–Kier alpha value is -3.30. The Morgan fingerprint density at radius 1 is 0.967 bits per heavy atom. The molecule has 0 spiro atoms. The van der Waals surface area contributed by atoms with Gasteiger partial charge in [-0.25, -0.2) is 0 Å². The number of halogens is 1. The summed E-state index contributed by atoms with van der Waals surface area (Å²) in [7, 11) is 0. The van der Waals surface area contributed by atoms with Gasteiger partial charge in [-0.3, -0.25) is 4.57 Å². The largest absolute Gasteiger partial charge is 0.467 e. The van der Waals surface area contributed by atoms with Gasteiger partial charge in [-0.15, -0.1) is 10.2 Å². The van der Waals surface area contributed by atoms with E-state index in [1.165, 1.54) is 11.8 Å².